The van der Waals surface area contributed by atoms with Gasteiger partial charge in [-0.25, -0.2) is 4.98 Å². The fraction of sp³-hybridized carbons (Fsp3) is 0.429. The van der Waals surface area contributed by atoms with Crippen molar-refractivity contribution in [1.29, 1.82) is 0 Å². The number of hydrogen-bond acceptors (Lipinski definition) is 7. The molecule has 1 aromatic heterocycles. The lowest BCUT2D eigenvalue weighted by Crippen LogP contribution is -2.10. The highest BCUT2D eigenvalue weighted by atomic mass is 16.6. The first kappa shape index (κ1) is 11.1. The summed E-state index contributed by atoms with van der Waals surface area (Å²) in [5.41, 5.74) is -0.220. The van der Waals surface area contributed by atoms with Crippen LogP contribution < -0.4 is 10.6 Å². The van der Waals surface area contributed by atoms with Gasteiger partial charge in [0, 0.05) is 13.6 Å². The maximum Gasteiger partial charge on any atom is 0.329 e. The third-order valence-corrected chi connectivity index (χ3v) is 1.59. The van der Waals surface area contributed by atoms with Gasteiger partial charge in [0.2, 0.25) is 11.8 Å². The molecule has 0 aromatic carbocycles. The fourth-order valence-electron chi connectivity index (χ4n) is 0.934. The van der Waals surface area contributed by atoms with E-state index in [9.17, 15) is 10.1 Å². The maximum absolute atomic E-state index is 10.6. The molecular formula is C7H11N5O3. The number of aliphatic hydroxyl groups excluding tert-OH is 1. The molecule has 0 radical (unpaired) electrons. The van der Waals surface area contributed by atoms with E-state index < -0.39 is 4.92 Å². The smallest absolute Gasteiger partial charge is 0.329 e. The van der Waals surface area contributed by atoms with Gasteiger partial charge in [0.25, 0.3) is 0 Å². The number of anilines is 2. The summed E-state index contributed by atoms with van der Waals surface area (Å²) in [6, 6.07) is 0. The quantitative estimate of drug-likeness (QED) is 0.459. The first-order chi connectivity index (χ1) is 7.19. The first-order valence-electron chi connectivity index (χ1n) is 4.23. The molecule has 0 saturated carbocycles. The van der Waals surface area contributed by atoms with Gasteiger partial charge in [0.1, 0.15) is 6.20 Å². The van der Waals surface area contributed by atoms with E-state index in [2.05, 4.69) is 20.6 Å². The standard InChI is InChI=1S/C7H11N5O3/c1-8-7-10-4-5(12(14)15)6(11-7)9-2-3-13/h4,13H,2-3H2,1H3,(H2,8,9,10,11). The van der Waals surface area contributed by atoms with Gasteiger partial charge in [-0.15, -0.1) is 0 Å². The van der Waals surface area contributed by atoms with Crippen LogP contribution in [0, 0.1) is 10.1 Å². The fourth-order valence-corrected chi connectivity index (χ4v) is 0.934. The van der Waals surface area contributed by atoms with Crippen molar-refractivity contribution >= 4 is 17.5 Å². The summed E-state index contributed by atoms with van der Waals surface area (Å²) >= 11 is 0. The predicted molar refractivity (Wildman–Crippen MR) is 53.8 cm³/mol. The van der Waals surface area contributed by atoms with Crippen molar-refractivity contribution in [1.82, 2.24) is 9.97 Å². The lowest BCUT2D eigenvalue weighted by molar-refractivity contribution is -0.384. The van der Waals surface area contributed by atoms with E-state index >= 15 is 0 Å². The molecule has 0 spiro atoms. The molecule has 0 fully saturated rings. The minimum Gasteiger partial charge on any atom is -0.395 e. The average Bonchev–Trinajstić information content (AvgIpc) is 2.25. The zero-order chi connectivity index (χ0) is 11.3. The SMILES string of the molecule is CNc1ncc([N+](=O)[O-])c(NCCO)n1. The molecule has 0 amide bonds. The third-order valence-electron chi connectivity index (χ3n) is 1.59. The van der Waals surface area contributed by atoms with Crippen molar-refractivity contribution in [2.24, 2.45) is 0 Å². The van der Waals surface area contributed by atoms with E-state index in [0.717, 1.165) is 6.20 Å². The monoisotopic (exact) mass is 213 g/mol. The number of aromatic nitrogens is 2. The number of rotatable bonds is 5. The Morgan fingerprint density at radius 1 is 1.67 bits per heavy atom. The van der Waals surface area contributed by atoms with Crippen molar-refractivity contribution in [3.8, 4) is 0 Å². The second-order valence-corrected chi connectivity index (χ2v) is 2.58. The number of nitrogens with zero attached hydrogens (tertiary/aromatic N) is 3. The molecule has 0 bridgehead atoms. The highest BCUT2D eigenvalue weighted by molar-refractivity contribution is 5.56. The van der Waals surface area contributed by atoms with E-state index in [1.165, 1.54) is 0 Å². The summed E-state index contributed by atoms with van der Waals surface area (Å²) in [5, 5.41) is 24.5. The van der Waals surface area contributed by atoms with E-state index in [-0.39, 0.29) is 30.6 Å². The molecular weight excluding hydrogens is 202 g/mol. The zero-order valence-electron chi connectivity index (χ0n) is 8.10. The van der Waals surface area contributed by atoms with Gasteiger partial charge in [-0.05, 0) is 0 Å². The molecule has 0 aliphatic rings. The Balaban J connectivity index is 2.99. The number of nitro groups is 1. The largest absolute Gasteiger partial charge is 0.395 e. The highest BCUT2D eigenvalue weighted by Gasteiger charge is 2.16. The summed E-state index contributed by atoms with van der Waals surface area (Å²) < 4.78 is 0. The van der Waals surface area contributed by atoms with Crippen LogP contribution in [0.5, 0.6) is 0 Å². The van der Waals surface area contributed by atoms with Crippen LogP contribution in [0.25, 0.3) is 0 Å². The molecule has 3 N–H and O–H groups in total. The highest BCUT2D eigenvalue weighted by Crippen LogP contribution is 2.21. The van der Waals surface area contributed by atoms with Gasteiger partial charge in [0.15, 0.2) is 0 Å². The van der Waals surface area contributed by atoms with Gasteiger partial charge in [0.05, 0.1) is 11.5 Å². The minimum atomic E-state index is -0.584. The van der Waals surface area contributed by atoms with Gasteiger partial charge in [-0.3, -0.25) is 10.1 Å². The van der Waals surface area contributed by atoms with Crippen molar-refractivity contribution in [2.75, 3.05) is 30.8 Å². The summed E-state index contributed by atoms with van der Waals surface area (Å²) in [6.07, 6.45) is 1.11. The summed E-state index contributed by atoms with van der Waals surface area (Å²) in [4.78, 5) is 17.6. The normalized spacial score (nSPS) is 9.73. The van der Waals surface area contributed by atoms with E-state index in [1.54, 1.807) is 7.05 Å². The summed E-state index contributed by atoms with van der Waals surface area (Å²) in [7, 11) is 1.61. The molecule has 82 valence electrons. The number of nitrogens with one attached hydrogen (secondary N) is 2. The lowest BCUT2D eigenvalue weighted by atomic mass is 10.4. The first-order valence-corrected chi connectivity index (χ1v) is 4.23. The number of aliphatic hydroxyl groups is 1. The molecule has 0 aliphatic carbocycles. The van der Waals surface area contributed by atoms with Crippen LogP contribution in [0.1, 0.15) is 0 Å². The Morgan fingerprint density at radius 2 is 2.40 bits per heavy atom. The summed E-state index contributed by atoms with van der Waals surface area (Å²) in [5.74, 6) is 0.370. The second-order valence-electron chi connectivity index (χ2n) is 2.58. The van der Waals surface area contributed by atoms with E-state index in [4.69, 9.17) is 5.11 Å². The molecule has 0 saturated heterocycles. The van der Waals surface area contributed by atoms with Crippen LogP contribution in [0.2, 0.25) is 0 Å². The predicted octanol–water partition coefficient (Wildman–Crippen LogP) is -0.169. The Labute approximate surface area is 85.5 Å². The molecule has 0 atom stereocenters. The summed E-state index contributed by atoms with van der Waals surface area (Å²) in [6.45, 7) is 0.0665. The molecule has 15 heavy (non-hydrogen) atoms. The molecule has 8 heteroatoms. The van der Waals surface area contributed by atoms with Gasteiger partial charge in [-0.2, -0.15) is 4.98 Å². The second kappa shape index (κ2) is 5.05. The molecule has 1 rings (SSSR count). The van der Waals surface area contributed by atoms with Crippen molar-refractivity contribution in [3.63, 3.8) is 0 Å². The van der Waals surface area contributed by atoms with Gasteiger partial charge >= 0.3 is 5.69 Å². The average molecular weight is 213 g/mol. The lowest BCUT2D eigenvalue weighted by Gasteiger charge is -2.05. The van der Waals surface area contributed by atoms with Crippen LogP contribution in [0.3, 0.4) is 0 Å². The maximum atomic E-state index is 10.6. The van der Waals surface area contributed by atoms with Gasteiger partial charge < -0.3 is 15.7 Å². The Hall–Kier alpha value is -1.96. The molecule has 0 aliphatic heterocycles. The molecule has 1 aromatic rings. The Kier molecular flexibility index (Phi) is 3.75. The van der Waals surface area contributed by atoms with Crippen molar-refractivity contribution in [3.05, 3.63) is 16.3 Å². The Bertz CT molecular complexity index is 356. The van der Waals surface area contributed by atoms with E-state index in [1.807, 2.05) is 0 Å². The van der Waals surface area contributed by atoms with Crippen LogP contribution in [0.4, 0.5) is 17.5 Å². The van der Waals surface area contributed by atoms with Crippen LogP contribution in [-0.4, -0.2) is 40.2 Å². The van der Waals surface area contributed by atoms with Crippen LogP contribution in [-0.2, 0) is 0 Å². The molecule has 8 nitrogen and oxygen atoms in total. The molecule has 1 heterocycles. The Morgan fingerprint density at radius 3 is 2.93 bits per heavy atom. The third kappa shape index (κ3) is 2.74. The van der Waals surface area contributed by atoms with Crippen LogP contribution >= 0.6 is 0 Å². The topological polar surface area (TPSA) is 113 Å². The van der Waals surface area contributed by atoms with Crippen LogP contribution in [0.15, 0.2) is 6.20 Å². The van der Waals surface area contributed by atoms with E-state index in [0.29, 0.717) is 0 Å². The van der Waals surface area contributed by atoms with Crippen molar-refractivity contribution in [2.45, 2.75) is 0 Å². The minimum absolute atomic E-state index is 0.0911. The van der Waals surface area contributed by atoms with Gasteiger partial charge in [-0.1, -0.05) is 0 Å². The number of hydrogen-bond donors (Lipinski definition) is 3. The zero-order valence-corrected chi connectivity index (χ0v) is 8.10. The molecule has 0 unspecified atom stereocenters. The van der Waals surface area contributed by atoms with Crippen molar-refractivity contribution < 1.29 is 10.0 Å².